The maximum absolute atomic E-state index is 10.7. The lowest BCUT2D eigenvalue weighted by atomic mass is 9.63. The van der Waals surface area contributed by atoms with Crippen LogP contribution in [0.15, 0.2) is 65.2 Å². The number of pyridine rings is 1. The molecular formula is C37H41N2OSi+. The van der Waals surface area contributed by atoms with Crippen molar-refractivity contribution in [1.29, 1.82) is 5.26 Å². The van der Waals surface area contributed by atoms with E-state index in [4.69, 9.17) is 4.42 Å². The molecule has 5 aromatic rings. The van der Waals surface area contributed by atoms with Crippen LogP contribution in [0.1, 0.15) is 62.8 Å². The van der Waals surface area contributed by atoms with E-state index in [0.29, 0.717) is 0 Å². The van der Waals surface area contributed by atoms with Crippen molar-refractivity contribution in [3.05, 3.63) is 83.0 Å². The van der Waals surface area contributed by atoms with Gasteiger partial charge in [-0.1, -0.05) is 77.7 Å². The standard InChI is InChI=1S/C37H41N2OSi/c1-23-13-15-25-26-21-31(41(7,8)9)27(22-38)33(35(26)40-34(25)32(23)30-12-10-11-19-39(30)6)24-14-16-28-29(20-24)37(4,5)18-17-36(28,2)3/h10-16,19-21H,17-18H2,1-9H3/q+1. The number of aryl methyl sites for hydroxylation is 2. The molecule has 1 aliphatic carbocycles. The molecule has 6 rings (SSSR count). The molecule has 41 heavy (non-hydrogen) atoms. The third-order valence-electron chi connectivity index (χ3n) is 9.51. The van der Waals surface area contributed by atoms with Gasteiger partial charge in [0, 0.05) is 28.5 Å². The monoisotopic (exact) mass is 557 g/mol. The molecule has 2 aromatic heterocycles. The molecule has 0 spiro atoms. The predicted molar refractivity (Wildman–Crippen MR) is 173 cm³/mol. The molecule has 208 valence electrons. The van der Waals surface area contributed by atoms with E-state index in [1.807, 2.05) is 6.07 Å². The smallest absolute Gasteiger partial charge is 0.216 e. The van der Waals surface area contributed by atoms with Crippen LogP contribution in [0.5, 0.6) is 0 Å². The number of benzene rings is 3. The fourth-order valence-corrected chi connectivity index (χ4v) is 8.41. The maximum Gasteiger partial charge on any atom is 0.216 e. The largest absolute Gasteiger partial charge is 0.454 e. The molecule has 1 aliphatic rings. The van der Waals surface area contributed by atoms with Gasteiger partial charge in [-0.15, -0.1) is 0 Å². The van der Waals surface area contributed by atoms with Crippen LogP contribution < -0.4 is 9.75 Å². The minimum Gasteiger partial charge on any atom is -0.454 e. The van der Waals surface area contributed by atoms with Crippen molar-refractivity contribution in [2.24, 2.45) is 7.05 Å². The van der Waals surface area contributed by atoms with Gasteiger partial charge in [-0.3, -0.25) is 0 Å². The molecule has 0 fully saturated rings. The first-order valence-corrected chi connectivity index (χ1v) is 18.3. The molecule has 4 heteroatoms. The number of nitrogens with zero attached hydrogens (tertiary/aromatic N) is 2. The minimum atomic E-state index is -1.89. The molecule has 0 bridgehead atoms. The maximum atomic E-state index is 10.7. The average Bonchev–Trinajstić information content (AvgIpc) is 3.28. The highest BCUT2D eigenvalue weighted by Crippen LogP contribution is 2.48. The SMILES string of the molecule is Cc1ccc2c(oc3c(-c4ccc5c(c4)C(C)(C)CCC5(C)C)c(C#N)c([Si](C)(C)C)cc32)c1-c1cccc[n+]1C. The Morgan fingerprint density at radius 3 is 2.17 bits per heavy atom. The van der Waals surface area contributed by atoms with Gasteiger partial charge in [0.05, 0.1) is 25.3 Å². The molecule has 0 atom stereocenters. The molecule has 2 heterocycles. The highest BCUT2D eigenvalue weighted by atomic mass is 28.3. The number of hydrogen-bond donors (Lipinski definition) is 0. The Hall–Kier alpha value is -3.68. The molecule has 0 N–H and O–H groups in total. The molecule has 3 nitrogen and oxygen atoms in total. The topological polar surface area (TPSA) is 40.8 Å². The Bertz CT molecular complexity index is 1910. The van der Waals surface area contributed by atoms with E-state index in [1.165, 1.54) is 28.3 Å². The Kier molecular flexibility index (Phi) is 6.14. The summed E-state index contributed by atoms with van der Waals surface area (Å²) in [6, 6.07) is 22.5. The summed E-state index contributed by atoms with van der Waals surface area (Å²) in [6.07, 6.45) is 4.40. The van der Waals surface area contributed by atoms with Crippen LogP contribution in [0.3, 0.4) is 0 Å². The summed E-state index contributed by atoms with van der Waals surface area (Å²) in [5.74, 6) is 0. The first kappa shape index (κ1) is 27.5. The second kappa shape index (κ2) is 9.16. The second-order valence-corrected chi connectivity index (χ2v) is 19.4. The zero-order valence-electron chi connectivity index (χ0n) is 26.0. The van der Waals surface area contributed by atoms with Gasteiger partial charge in [-0.05, 0) is 70.2 Å². The quantitative estimate of drug-likeness (QED) is 0.164. The number of aromatic nitrogens is 1. The van der Waals surface area contributed by atoms with E-state index in [-0.39, 0.29) is 10.8 Å². The number of hydrogen-bond acceptors (Lipinski definition) is 2. The summed E-state index contributed by atoms with van der Waals surface area (Å²) in [5, 5.41) is 14.1. The first-order valence-electron chi connectivity index (χ1n) is 14.8. The first-order chi connectivity index (χ1) is 19.2. The van der Waals surface area contributed by atoms with E-state index in [0.717, 1.165) is 56.3 Å². The predicted octanol–water partition coefficient (Wildman–Crippen LogP) is 8.82. The Morgan fingerprint density at radius 1 is 0.829 bits per heavy atom. The van der Waals surface area contributed by atoms with E-state index < -0.39 is 8.07 Å². The summed E-state index contributed by atoms with van der Waals surface area (Å²) in [4.78, 5) is 0. The lowest BCUT2D eigenvalue weighted by molar-refractivity contribution is -0.660. The lowest BCUT2D eigenvalue weighted by Gasteiger charge is -2.42. The van der Waals surface area contributed by atoms with Gasteiger partial charge in [0.15, 0.2) is 6.20 Å². The summed E-state index contributed by atoms with van der Waals surface area (Å²) in [6.45, 7) is 18.6. The van der Waals surface area contributed by atoms with Crippen LogP contribution in [-0.4, -0.2) is 8.07 Å². The summed E-state index contributed by atoms with van der Waals surface area (Å²) >= 11 is 0. The van der Waals surface area contributed by atoms with Crippen molar-refractivity contribution in [2.75, 3.05) is 0 Å². The van der Waals surface area contributed by atoms with Crippen LogP contribution in [-0.2, 0) is 17.9 Å². The van der Waals surface area contributed by atoms with Crippen LogP contribution in [0.4, 0.5) is 0 Å². The van der Waals surface area contributed by atoms with Crippen molar-refractivity contribution in [3.63, 3.8) is 0 Å². The van der Waals surface area contributed by atoms with Crippen LogP contribution in [0, 0.1) is 18.3 Å². The summed E-state index contributed by atoms with van der Waals surface area (Å²) < 4.78 is 9.11. The average molecular weight is 558 g/mol. The van der Waals surface area contributed by atoms with Crippen LogP contribution in [0.25, 0.3) is 44.3 Å². The van der Waals surface area contributed by atoms with Gasteiger partial charge in [0.1, 0.15) is 18.2 Å². The number of rotatable bonds is 3. The zero-order valence-corrected chi connectivity index (χ0v) is 27.0. The van der Waals surface area contributed by atoms with Gasteiger partial charge < -0.3 is 4.42 Å². The molecule has 0 aliphatic heterocycles. The van der Waals surface area contributed by atoms with E-state index >= 15 is 0 Å². The van der Waals surface area contributed by atoms with Crippen molar-refractivity contribution < 1.29 is 8.98 Å². The summed E-state index contributed by atoms with van der Waals surface area (Å²) in [7, 11) is 0.192. The van der Waals surface area contributed by atoms with Crippen LogP contribution >= 0.6 is 0 Å². The van der Waals surface area contributed by atoms with Gasteiger partial charge in [0.25, 0.3) is 0 Å². The third kappa shape index (κ3) is 4.25. The lowest BCUT2D eigenvalue weighted by Crippen LogP contribution is -2.40. The van der Waals surface area contributed by atoms with Crippen molar-refractivity contribution in [1.82, 2.24) is 0 Å². The summed E-state index contributed by atoms with van der Waals surface area (Å²) in [5.41, 5.74) is 10.9. The number of nitriles is 1. The van der Waals surface area contributed by atoms with Gasteiger partial charge in [-0.2, -0.15) is 5.26 Å². The highest BCUT2D eigenvalue weighted by molar-refractivity contribution is 6.89. The van der Waals surface area contributed by atoms with Gasteiger partial charge in [0.2, 0.25) is 5.69 Å². The van der Waals surface area contributed by atoms with Gasteiger partial charge in [-0.25, -0.2) is 4.57 Å². The molecule has 0 radical (unpaired) electrons. The van der Waals surface area contributed by atoms with Crippen LogP contribution in [0.2, 0.25) is 19.6 Å². The second-order valence-electron chi connectivity index (χ2n) is 14.4. The van der Waals surface area contributed by atoms with E-state index in [1.54, 1.807) is 0 Å². The van der Waals surface area contributed by atoms with E-state index in [9.17, 15) is 5.26 Å². The normalized spacial score (nSPS) is 16.1. The fourth-order valence-electron chi connectivity index (χ4n) is 6.90. The third-order valence-corrected chi connectivity index (χ3v) is 11.5. The molecule has 3 aromatic carbocycles. The zero-order chi connectivity index (χ0) is 29.5. The Morgan fingerprint density at radius 2 is 1.51 bits per heavy atom. The van der Waals surface area contributed by atoms with Crippen molar-refractivity contribution in [2.45, 2.75) is 77.9 Å². The minimum absolute atomic E-state index is 0.0728. The Labute approximate surface area is 245 Å². The number of fused-ring (bicyclic) bond motifs is 4. The fraction of sp³-hybridized carbons (Fsp3) is 0.351. The van der Waals surface area contributed by atoms with E-state index in [2.05, 4.69) is 127 Å². The van der Waals surface area contributed by atoms with Gasteiger partial charge >= 0.3 is 0 Å². The van der Waals surface area contributed by atoms with Crippen molar-refractivity contribution in [3.8, 4) is 28.5 Å². The molecule has 0 saturated heterocycles. The highest BCUT2D eigenvalue weighted by Gasteiger charge is 2.38. The Balaban J connectivity index is 1.77. The number of furan rings is 1. The molecule has 0 unspecified atom stereocenters. The molecule has 0 amide bonds. The van der Waals surface area contributed by atoms with Crippen molar-refractivity contribution >= 4 is 35.2 Å². The molecular weight excluding hydrogens is 517 g/mol. The molecule has 0 saturated carbocycles.